The minimum atomic E-state index is -0.528. The average molecular weight is 348 g/mol. The molecule has 7 heteroatoms. The molecule has 0 radical (unpaired) electrons. The van der Waals surface area contributed by atoms with Gasteiger partial charge in [-0.3, -0.25) is 10.2 Å². The normalized spacial score (nSPS) is 16.8. The second-order valence-corrected chi connectivity index (χ2v) is 6.60. The molecular formula is C18H28N4O3. The first kappa shape index (κ1) is 19.1. The fraction of sp³-hybridized carbons (Fsp3) is 0.556. The van der Waals surface area contributed by atoms with Gasteiger partial charge < -0.3 is 15.4 Å². The fourth-order valence-corrected chi connectivity index (χ4v) is 2.82. The molecule has 0 spiro atoms. The van der Waals surface area contributed by atoms with Crippen LogP contribution in [0.15, 0.2) is 24.3 Å². The molecule has 1 atom stereocenters. The van der Waals surface area contributed by atoms with E-state index in [1.807, 2.05) is 0 Å². The van der Waals surface area contributed by atoms with E-state index in [9.17, 15) is 9.59 Å². The van der Waals surface area contributed by atoms with E-state index in [0.717, 1.165) is 19.0 Å². The van der Waals surface area contributed by atoms with Gasteiger partial charge in [0.2, 0.25) is 0 Å². The lowest BCUT2D eigenvalue weighted by molar-refractivity contribution is 0.146. The number of piperidine rings is 1. The molecule has 1 aromatic rings. The Hall–Kier alpha value is -2.28. The van der Waals surface area contributed by atoms with Gasteiger partial charge in [0.15, 0.2) is 0 Å². The predicted molar refractivity (Wildman–Crippen MR) is 98.9 cm³/mol. The molecule has 0 bridgehead atoms. The van der Waals surface area contributed by atoms with Gasteiger partial charge in [0.25, 0.3) is 0 Å². The maximum atomic E-state index is 12.0. The summed E-state index contributed by atoms with van der Waals surface area (Å²) in [5.74, 6) is 0.802. The van der Waals surface area contributed by atoms with Gasteiger partial charge >= 0.3 is 12.1 Å². The van der Waals surface area contributed by atoms with E-state index in [1.54, 1.807) is 24.3 Å². The number of amides is 3. The Kier molecular flexibility index (Phi) is 7.06. The molecular weight excluding hydrogens is 320 g/mol. The Labute approximate surface area is 149 Å². The Morgan fingerprint density at radius 1 is 1.16 bits per heavy atom. The Morgan fingerprint density at radius 3 is 2.28 bits per heavy atom. The number of ether oxygens (including phenoxy) is 1. The van der Waals surface area contributed by atoms with Gasteiger partial charge in [-0.1, -0.05) is 6.92 Å². The minimum Gasteiger partial charge on any atom is -0.453 e. The lowest BCUT2D eigenvalue weighted by atomic mass is 9.98. The summed E-state index contributed by atoms with van der Waals surface area (Å²) in [7, 11) is 1.31. The molecule has 1 fully saturated rings. The largest absolute Gasteiger partial charge is 0.453 e. The third-order valence-electron chi connectivity index (χ3n) is 4.57. The first-order chi connectivity index (χ1) is 12.0. The van der Waals surface area contributed by atoms with Gasteiger partial charge in [-0.15, -0.1) is 0 Å². The van der Waals surface area contributed by atoms with E-state index in [1.165, 1.54) is 20.0 Å². The Bertz CT molecular complexity index is 568. The summed E-state index contributed by atoms with van der Waals surface area (Å²) in [5.41, 5.74) is 1.26. The molecule has 0 aliphatic carbocycles. The second-order valence-electron chi connectivity index (χ2n) is 6.60. The highest BCUT2D eigenvalue weighted by molar-refractivity contribution is 5.90. The van der Waals surface area contributed by atoms with Crippen LogP contribution in [-0.2, 0) is 4.74 Å². The zero-order chi connectivity index (χ0) is 18.2. The van der Waals surface area contributed by atoms with E-state index in [0.29, 0.717) is 24.0 Å². The number of nitrogens with one attached hydrogen (secondary N) is 3. The number of rotatable bonds is 5. The summed E-state index contributed by atoms with van der Waals surface area (Å²) in [6.07, 6.45) is 1.92. The van der Waals surface area contributed by atoms with Crippen molar-refractivity contribution in [3.8, 4) is 0 Å². The number of benzene rings is 1. The summed E-state index contributed by atoms with van der Waals surface area (Å²) in [5, 5.41) is 8.26. The number of hydrogen-bond acceptors (Lipinski definition) is 4. The molecule has 3 N–H and O–H groups in total. The van der Waals surface area contributed by atoms with E-state index in [-0.39, 0.29) is 6.03 Å². The summed E-state index contributed by atoms with van der Waals surface area (Å²) in [6, 6.07) is 6.94. The third-order valence-corrected chi connectivity index (χ3v) is 4.57. The van der Waals surface area contributed by atoms with E-state index < -0.39 is 6.09 Å². The molecule has 0 unspecified atom stereocenters. The second kappa shape index (κ2) is 9.27. The predicted octanol–water partition coefficient (Wildman–Crippen LogP) is 3.11. The molecule has 25 heavy (non-hydrogen) atoms. The molecule has 138 valence electrons. The first-order valence-corrected chi connectivity index (χ1v) is 8.72. The van der Waals surface area contributed by atoms with Gasteiger partial charge in [0.1, 0.15) is 0 Å². The molecule has 7 nitrogen and oxygen atoms in total. The summed E-state index contributed by atoms with van der Waals surface area (Å²) in [6.45, 7) is 7.24. The van der Waals surface area contributed by atoms with Crippen molar-refractivity contribution < 1.29 is 14.3 Å². The van der Waals surface area contributed by atoms with Crippen LogP contribution in [0.3, 0.4) is 0 Å². The van der Waals surface area contributed by atoms with Crippen LogP contribution in [0.25, 0.3) is 0 Å². The zero-order valence-corrected chi connectivity index (χ0v) is 15.2. The lowest BCUT2D eigenvalue weighted by Gasteiger charge is -2.34. The van der Waals surface area contributed by atoms with Crippen LogP contribution in [0.4, 0.5) is 21.0 Å². The summed E-state index contributed by atoms with van der Waals surface area (Å²) in [4.78, 5) is 25.6. The topological polar surface area (TPSA) is 82.7 Å². The molecule has 1 heterocycles. The summed E-state index contributed by atoms with van der Waals surface area (Å²) < 4.78 is 4.53. The van der Waals surface area contributed by atoms with Gasteiger partial charge in [-0.2, -0.15) is 0 Å². The summed E-state index contributed by atoms with van der Waals surface area (Å²) >= 11 is 0. The van der Waals surface area contributed by atoms with E-state index in [2.05, 4.69) is 39.4 Å². The van der Waals surface area contributed by atoms with Crippen molar-refractivity contribution in [1.29, 1.82) is 0 Å². The smallest absolute Gasteiger partial charge is 0.411 e. The van der Waals surface area contributed by atoms with Crippen LogP contribution in [0.2, 0.25) is 0 Å². The number of nitrogens with zero attached hydrogens (tertiary/aromatic N) is 1. The van der Waals surface area contributed by atoms with E-state index in [4.69, 9.17) is 0 Å². The maximum Gasteiger partial charge on any atom is 0.411 e. The van der Waals surface area contributed by atoms with Crippen molar-refractivity contribution in [2.24, 2.45) is 5.92 Å². The standard InChI is InChI=1S/C18H28N4O3/c1-13-8-10-22(11-9-13)14(2)12-19-17(23)20-15-4-6-16(7-5-15)21-18(24)25-3/h4-7,13-14H,8-12H2,1-3H3,(H,21,24)(H2,19,20,23)/t14-/m0/s1. The average Bonchev–Trinajstić information content (AvgIpc) is 2.62. The van der Waals surface area contributed by atoms with Crippen LogP contribution < -0.4 is 16.0 Å². The van der Waals surface area contributed by atoms with Crippen molar-refractivity contribution in [2.75, 3.05) is 37.4 Å². The highest BCUT2D eigenvalue weighted by atomic mass is 16.5. The van der Waals surface area contributed by atoms with Gasteiger partial charge in [0.05, 0.1) is 7.11 Å². The van der Waals surface area contributed by atoms with Crippen LogP contribution in [0.5, 0.6) is 0 Å². The highest BCUT2D eigenvalue weighted by Crippen LogP contribution is 2.18. The Morgan fingerprint density at radius 2 is 1.72 bits per heavy atom. The van der Waals surface area contributed by atoms with Crippen molar-refractivity contribution in [1.82, 2.24) is 10.2 Å². The quantitative estimate of drug-likeness (QED) is 0.763. The van der Waals surface area contributed by atoms with Crippen LogP contribution in [-0.4, -0.2) is 49.8 Å². The third kappa shape index (κ3) is 6.26. The SMILES string of the molecule is COC(=O)Nc1ccc(NC(=O)NC[C@H](C)N2CCC(C)CC2)cc1. The number of methoxy groups -OCH3 is 1. The minimum absolute atomic E-state index is 0.231. The molecule has 3 amide bonds. The maximum absolute atomic E-state index is 12.0. The first-order valence-electron chi connectivity index (χ1n) is 8.72. The lowest BCUT2D eigenvalue weighted by Crippen LogP contribution is -2.46. The van der Waals surface area contributed by atoms with Crippen molar-refractivity contribution in [3.63, 3.8) is 0 Å². The number of urea groups is 1. The molecule has 1 aliphatic rings. The van der Waals surface area contributed by atoms with Gasteiger partial charge in [0, 0.05) is 24.0 Å². The van der Waals surface area contributed by atoms with Gasteiger partial charge in [-0.25, -0.2) is 9.59 Å². The number of carbonyl (C=O) groups is 2. The fourth-order valence-electron chi connectivity index (χ4n) is 2.82. The molecule has 0 saturated carbocycles. The molecule has 1 aliphatic heterocycles. The van der Waals surface area contributed by atoms with Crippen molar-refractivity contribution in [2.45, 2.75) is 32.7 Å². The number of hydrogen-bond donors (Lipinski definition) is 3. The van der Waals surface area contributed by atoms with Crippen molar-refractivity contribution in [3.05, 3.63) is 24.3 Å². The molecule has 1 aromatic carbocycles. The van der Waals surface area contributed by atoms with Crippen LogP contribution in [0, 0.1) is 5.92 Å². The molecule has 0 aromatic heterocycles. The van der Waals surface area contributed by atoms with Crippen molar-refractivity contribution >= 4 is 23.5 Å². The van der Waals surface area contributed by atoms with Crippen LogP contribution in [0.1, 0.15) is 26.7 Å². The monoisotopic (exact) mass is 348 g/mol. The zero-order valence-electron chi connectivity index (χ0n) is 15.2. The highest BCUT2D eigenvalue weighted by Gasteiger charge is 2.20. The number of carbonyl (C=O) groups excluding carboxylic acids is 2. The Balaban J connectivity index is 1.73. The van der Waals surface area contributed by atoms with E-state index >= 15 is 0 Å². The van der Waals surface area contributed by atoms with Crippen LogP contribution >= 0.6 is 0 Å². The molecule has 2 rings (SSSR count). The van der Waals surface area contributed by atoms with Gasteiger partial charge in [-0.05, 0) is 63.0 Å². The number of anilines is 2. The number of likely N-dealkylation sites (tertiary alicyclic amines) is 1. The molecule has 1 saturated heterocycles.